The predicted octanol–water partition coefficient (Wildman–Crippen LogP) is 1.01. The van der Waals surface area contributed by atoms with Crippen molar-refractivity contribution in [1.82, 2.24) is 5.43 Å². The van der Waals surface area contributed by atoms with Gasteiger partial charge in [0.05, 0.1) is 20.8 Å². The van der Waals surface area contributed by atoms with E-state index in [1.54, 1.807) is 14.2 Å². The molecule has 0 saturated heterocycles. The van der Waals surface area contributed by atoms with Crippen molar-refractivity contribution in [3.8, 4) is 11.5 Å². The number of ether oxygens (including phenoxy) is 2. The lowest BCUT2D eigenvalue weighted by Gasteiger charge is -2.08. The Hall–Kier alpha value is -1.95. The summed E-state index contributed by atoms with van der Waals surface area (Å²) in [5.41, 5.74) is 8.62. The van der Waals surface area contributed by atoms with Crippen LogP contribution in [-0.2, 0) is 6.54 Å². The van der Waals surface area contributed by atoms with Gasteiger partial charge in [-0.3, -0.25) is 5.43 Å². The van der Waals surface area contributed by atoms with Gasteiger partial charge in [0.2, 0.25) is 5.96 Å². The van der Waals surface area contributed by atoms with Gasteiger partial charge in [-0.1, -0.05) is 19.9 Å². The fourth-order valence-corrected chi connectivity index (χ4v) is 1.20. The first-order valence-corrected chi connectivity index (χ1v) is 5.68. The van der Waals surface area contributed by atoms with E-state index in [-0.39, 0.29) is 5.96 Å². The minimum atomic E-state index is 0.190. The molecule has 1 aromatic carbocycles. The standard InChI is InChI=1S/C10H16N4O2.C2H6/c1-15-8-4-3-7(5-9(8)16-2)6-13-10(11)14-12;1-2/h3-5H,6,12H2,1-2H3,(H3,11,13,14);1-2H3. The summed E-state index contributed by atoms with van der Waals surface area (Å²) < 4.78 is 10.3. The molecule has 0 unspecified atom stereocenters. The molecule has 6 heteroatoms. The van der Waals surface area contributed by atoms with Gasteiger partial charge < -0.3 is 15.2 Å². The number of hydrogen-bond donors (Lipinski definition) is 3. The van der Waals surface area contributed by atoms with E-state index < -0.39 is 0 Å². The Bertz CT molecular complexity index is 380. The molecule has 0 heterocycles. The second-order valence-electron chi connectivity index (χ2n) is 3.04. The zero-order chi connectivity index (χ0) is 14.0. The number of nitrogens with zero attached hydrogens (tertiary/aromatic N) is 1. The molecule has 0 radical (unpaired) electrons. The van der Waals surface area contributed by atoms with Crippen molar-refractivity contribution in [2.24, 2.45) is 16.6 Å². The Morgan fingerprint density at radius 1 is 1.22 bits per heavy atom. The first-order valence-electron chi connectivity index (χ1n) is 5.68. The lowest BCUT2D eigenvalue weighted by molar-refractivity contribution is 0.354. The summed E-state index contributed by atoms with van der Waals surface area (Å²) in [5.74, 6) is 6.62. The average Bonchev–Trinajstić information content (AvgIpc) is 2.46. The van der Waals surface area contributed by atoms with Gasteiger partial charge in [-0.15, -0.1) is 0 Å². The summed E-state index contributed by atoms with van der Waals surface area (Å²) in [4.78, 5) is 4.01. The molecule has 0 aromatic heterocycles. The SMILES string of the molecule is CC.COc1ccc(CN=C(N)NN)cc1OC. The van der Waals surface area contributed by atoms with Gasteiger partial charge in [0.15, 0.2) is 11.5 Å². The normalized spacial score (nSPS) is 10.2. The second-order valence-corrected chi connectivity index (χ2v) is 3.04. The van der Waals surface area contributed by atoms with Crippen molar-refractivity contribution < 1.29 is 9.47 Å². The molecular formula is C12H22N4O2. The monoisotopic (exact) mass is 254 g/mol. The smallest absolute Gasteiger partial charge is 0.203 e. The molecule has 0 spiro atoms. The maximum absolute atomic E-state index is 5.41. The summed E-state index contributed by atoms with van der Waals surface area (Å²) >= 11 is 0. The minimum Gasteiger partial charge on any atom is -0.493 e. The molecule has 1 aromatic rings. The number of aliphatic imine (C=N–C) groups is 1. The third kappa shape index (κ3) is 4.92. The van der Waals surface area contributed by atoms with Gasteiger partial charge in [0.25, 0.3) is 0 Å². The van der Waals surface area contributed by atoms with Crippen molar-refractivity contribution in [2.75, 3.05) is 14.2 Å². The van der Waals surface area contributed by atoms with Crippen LogP contribution >= 0.6 is 0 Å². The lowest BCUT2D eigenvalue weighted by atomic mass is 10.2. The van der Waals surface area contributed by atoms with Crippen LogP contribution in [0.1, 0.15) is 19.4 Å². The third-order valence-electron chi connectivity index (χ3n) is 2.03. The van der Waals surface area contributed by atoms with E-state index in [0.29, 0.717) is 18.0 Å². The van der Waals surface area contributed by atoms with Crippen LogP contribution in [0.4, 0.5) is 0 Å². The Kier molecular flexibility index (Phi) is 8.13. The Morgan fingerprint density at radius 2 is 1.83 bits per heavy atom. The van der Waals surface area contributed by atoms with E-state index in [1.807, 2.05) is 32.0 Å². The van der Waals surface area contributed by atoms with Crippen LogP contribution in [0.2, 0.25) is 0 Å². The molecular weight excluding hydrogens is 232 g/mol. The summed E-state index contributed by atoms with van der Waals surface area (Å²) in [6.07, 6.45) is 0. The van der Waals surface area contributed by atoms with Crippen molar-refractivity contribution in [3.05, 3.63) is 23.8 Å². The molecule has 0 saturated carbocycles. The van der Waals surface area contributed by atoms with Crippen molar-refractivity contribution in [2.45, 2.75) is 20.4 Å². The number of nitrogens with one attached hydrogen (secondary N) is 1. The van der Waals surface area contributed by atoms with E-state index in [0.717, 1.165) is 5.56 Å². The van der Waals surface area contributed by atoms with Crippen LogP contribution in [0.3, 0.4) is 0 Å². The van der Waals surface area contributed by atoms with Crippen molar-refractivity contribution in [1.29, 1.82) is 0 Å². The van der Waals surface area contributed by atoms with Gasteiger partial charge in [-0.05, 0) is 17.7 Å². The highest BCUT2D eigenvalue weighted by Gasteiger charge is 2.03. The highest BCUT2D eigenvalue weighted by Crippen LogP contribution is 2.27. The molecule has 0 fully saturated rings. The molecule has 1 rings (SSSR count). The molecule has 0 amide bonds. The number of hydrogen-bond acceptors (Lipinski definition) is 4. The molecule has 0 atom stereocenters. The van der Waals surface area contributed by atoms with Gasteiger partial charge in [0, 0.05) is 0 Å². The number of rotatable bonds is 4. The Morgan fingerprint density at radius 3 is 2.33 bits per heavy atom. The van der Waals surface area contributed by atoms with Gasteiger partial charge in [-0.2, -0.15) is 0 Å². The highest BCUT2D eigenvalue weighted by atomic mass is 16.5. The van der Waals surface area contributed by atoms with Crippen LogP contribution in [0.15, 0.2) is 23.2 Å². The van der Waals surface area contributed by atoms with Crippen molar-refractivity contribution >= 4 is 5.96 Å². The van der Waals surface area contributed by atoms with E-state index in [9.17, 15) is 0 Å². The number of nitrogens with two attached hydrogens (primary N) is 2. The molecule has 0 aliphatic carbocycles. The molecule has 18 heavy (non-hydrogen) atoms. The first kappa shape index (κ1) is 16.1. The molecule has 5 N–H and O–H groups in total. The average molecular weight is 254 g/mol. The van der Waals surface area contributed by atoms with Crippen LogP contribution in [0, 0.1) is 0 Å². The number of guanidine groups is 1. The zero-order valence-electron chi connectivity index (χ0n) is 11.4. The fraction of sp³-hybridized carbons (Fsp3) is 0.417. The molecule has 0 aliphatic rings. The molecule has 0 aliphatic heterocycles. The van der Waals surface area contributed by atoms with Crippen LogP contribution in [0.5, 0.6) is 11.5 Å². The summed E-state index contributed by atoms with van der Waals surface area (Å²) in [5, 5.41) is 0. The predicted molar refractivity (Wildman–Crippen MR) is 73.5 cm³/mol. The van der Waals surface area contributed by atoms with E-state index in [2.05, 4.69) is 10.4 Å². The van der Waals surface area contributed by atoms with Crippen molar-refractivity contribution in [3.63, 3.8) is 0 Å². The number of benzene rings is 1. The highest BCUT2D eigenvalue weighted by molar-refractivity contribution is 5.77. The maximum atomic E-state index is 5.41. The van der Waals surface area contributed by atoms with E-state index >= 15 is 0 Å². The van der Waals surface area contributed by atoms with Gasteiger partial charge in [-0.25, -0.2) is 10.8 Å². The Labute approximate surface area is 108 Å². The first-order chi connectivity index (χ1) is 8.71. The summed E-state index contributed by atoms with van der Waals surface area (Å²) in [6, 6.07) is 5.54. The number of hydrazine groups is 1. The maximum Gasteiger partial charge on any atom is 0.203 e. The van der Waals surface area contributed by atoms with Gasteiger partial charge in [0.1, 0.15) is 0 Å². The number of methoxy groups -OCH3 is 2. The molecule has 102 valence electrons. The largest absolute Gasteiger partial charge is 0.493 e. The van der Waals surface area contributed by atoms with Crippen LogP contribution < -0.4 is 26.5 Å². The van der Waals surface area contributed by atoms with E-state index in [1.165, 1.54) is 0 Å². The quantitative estimate of drug-likeness (QED) is 0.322. The molecule has 0 bridgehead atoms. The lowest BCUT2D eigenvalue weighted by Crippen LogP contribution is -2.37. The summed E-state index contributed by atoms with van der Waals surface area (Å²) in [7, 11) is 3.17. The fourth-order valence-electron chi connectivity index (χ4n) is 1.20. The third-order valence-corrected chi connectivity index (χ3v) is 2.03. The minimum absolute atomic E-state index is 0.190. The summed E-state index contributed by atoms with van der Waals surface area (Å²) in [6.45, 7) is 4.43. The Balaban J connectivity index is 0.00000137. The van der Waals surface area contributed by atoms with Crippen LogP contribution in [0.25, 0.3) is 0 Å². The van der Waals surface area contributed by atoms with E-state index in [4.69, 9.17) is 21.1 Å². The van der Waals surface area contributed by atoms with Crippen LogP contribution in [-0.4, -0.2) is 20.2 Å². The topological polar surface area (TPSA) is 94.9 Å². The van der Waals surface area contributed by atoms with Gasteiger partial charge >= 0.3 is 0 Å². The second kappa shape index (κ2) is 9.12. The zero-order valence-corrected chi connectivity index (χ0v) is 11.4. The molecule has 6 nitrogen and oxygen atoms in total.